The summed E-state index contributed by atoms with van der Waals surface area (Å²) in [7, 11) is 0. The van der Waals surface area contributed by atoms with Gasteiger partial charge in [-0.25, -0.2) is 9.48 Å². The number of hydrogen-bond acceptors (Lipinski definition) is 4. The van der Waals surface area contributed by atoms with E-state index in [4.69, 9.17) is 4.74 Å². The van der Waals surface area contributed by atoms with Crippen molar-refractivity contribution >= 4 is 5.97 Å². The average Bonchev–Trinajstić information content (AvgIpc) is 2.93. The van der Waals surface area contributed by atoms with E-state index in [1.54, 1.807) is 17.8 Å². The minimum atomic E-state index is -0.420. The van der Waals surface area contributed by atoms with Crippen LogP contribution in [0.3, 0.4) is 0 Å². The molecule has 0 saturated heterocycles. The lowest BCUT2D eigenvalue weighted by Gasteiger charge is -2.26. The lowest BCUT2D eigenvalue weighted by Crippen LogP contribution is -2.26. The van der Waals surface area contributed by atoms with Crippen LogP contribution in [0.1, 0.15) is 48.8 Å². The van der Waals surface area contributed by atoms with Crippen molar-refractivity contribution in [3.8, 4) is 5.69 Å². The van der Waals surface area contributed by atoms with Gasteiger partial charge in [0, 0.05) is 12.0 Å². The zero-order valence-corrected chi connectivity index (χ0v) is 14.2. The first-order valence-corrected chi connectivity index (χ1v) is 7.84. The molecule has 5 heteroatoms. The highest BCUT2D eigenvalue weighted by atomic mass is 16.5. The van der Waals surface area contributed by atoms with E-state index in [1.807, 2.05) is 45.0 Å². The Bertz CT molecular complexity index is 689. The molecule has 1 heterocycles. The summed E-state index contributed by atoms with van der Waals surface area (Å²) in [5.74, 6) is -0.382. The Labute approximate surface area is 136 Å². The third kappa shape index (κ3) is 3.62. The second-order valence-corrected chi connectivity index (χ2v) is 6.24. The van der Waals surface area contributed by atoms with Crippen molar-refractivity contribution in [1.82, 2.24) is 9.78 Å². The van der Waals surface area contributed by atoms with E-state index < -0.39 is 5.41 Å². The number of carbonyl (C=O) groups is 1. The van der Waals surface area contributed by atoms with Gasteiger partial charge in [-0.3, -0.25) is 0 Å². The van der Waals surface area contributed by atoms with Crippen LogP contribution in [-0.4, -0.2) is 34.1 Å². The highest BCUT2D eigenvalue weighted by molar-refractivity contribution is 5.91. The van der Waals surface area contributed by atoms with E-state index in [1.165, 1.54) is 0 Å². The van der Waals surface area contributed by atoms with Gasteiger partial charge in [0.2, 0.25) is 0 Å². The number of ether oxygens (including phenoxy) is 1. The van der Waals surface area contributed by atoms with Gasteiger partial charge in [-0.05, 0) is 38.0 Å². The molecular formula is C18H24N2O3. The molecule has 1 N–H and O–H groups in total. The molecule has 0 saturated carbocycles. The maximum Gasteiger partial charge on any atom is 0.341 e. The largest absolute Gasteiger partial charge is 0.462 e. The van der Waals surface area contributed by atoms with Crippen LogP contribution in [0.2, 0.25) is 0 Å². The molecular weight excluding hydrogens is 292 g/mol. The van der Waals surface area contributed by atoms with Crippen molar-refractivity contribution in [2.45, 2.75) is 39.5 Å². The summed E-state index contributed by atoms with van der Waals surface area (Å²) in [6, 6.07) is 7.94. The van der Waals surface area contributed by atoms with Gasteiger partial charge >= 0.3 is 5.97 Å². The van der Waals surface area contributed by atoms with E-state index in [0.29, 0.717) is 18.6 Å². The molecule has 0 amide bonds. The first-order valence-electron chi connectivity index (χ1n) is 7.84. The Hall–Kier alpha value is -2.14. The Morgan fingerprint density at radius 2 is 2.13 bits per heavy atom. The third-order valence-electron chi connectivity index (χ3n) is 3.89. The zero-order valence-electron chi connectivity index (χ0n) is 14.2. The van der Waals surface area contributed by atoms with Gasteiger partial charge in [-0.15, -0.1) is 0 Å². The fraction of sp³-hybridized carbons (Fsp3) is 0.444. The number of aryl methyl sites for hydroxylation is 1. The van der Waals surface area contributed by atoms with Gasteiger partial charge in [0.05, 0.1) is 24.2 Å². The summed E-state index contributed by atoms with van der Waals surface area (Å²) in [5, 5.41) is 13.8. The smallest absolute Gasteiger partial charge is 0.341 e. The molecule has 0 aliphatic heterocycles. The number of carbonyl (C=O) groups excluding carboxylic acids is 1. The number of aliphatic hydroxyl groups excluding tert-OH is 1. The molecule has 0 spiro atoms. The molecule has 2 aromatic rings. The Balaban J connectivity index is 2.61. The van der Waals surface area contributed by atoms with Crippen molar-refractivity contribution in [3.63, 3.8) is 0 Å². The van der Waals surface area contributed by atoms with Crippen LogP contribution < -0.4 is 0 Å². The van der Waals surface area contributed by atoms with Crippen molar-refractivity contribution < 1.29 is 14.6 Å². The Kier molecular flexibility index (Phi) is 5.21. The topological polar surface area (TPSA) is 64.3 Å². The van der Waals surface area contributed by atoms with Crippen LogP contribution in [0.25, 0.3) is 5.69 Å². The molecule has 0 atom stereocenters. The maximum atomic E-state index is 12.3. The van der Waals surface area contributed by atoms with Crippen molar-refractivity contribution in [1.29, 1.82) is 0 Å². The van der Waals surface area contributed by atoms with Crippen LogP contribution >= 0.6 is 0 Å². The predicted molar refractivity (Wildman–Crippen MR) is 89.0 cm³/mol. The van der Waals surface area contributed by atoms with E-state index in [2.05, 4.69) is 5.10 Å². The number of hydrogen-bond donors (Lipinski definition) is 1. The molecule has 0 aliphatic rings. The zero-order chi connectivity index (χ0) is 17.0. The molecule has 1 aromatic carbocycles. The number of aromatic nitrogens is 2. The fourth-order valence-electron chi connectivity index (χ4n) is 2.71. The standard InChI is InChI=1S/C18H24N2O3/c1-5-23-17(22)15-12-19-20(14-8-6-7-13(2)11-14)16(15)18(3,4)9-10-21/h6-8,11-12,21H,5,9-10H2,1-4H3. The summed E-state index contributed by atoms with van der Waals surface area (Å²) in [6.45, 7) is 8.13. The normalized spacial score (nSPS) is 11.5. The van der Waals surface area contributed by atoms with Gasteiger partial charge < -0.3 is 9.84 Å². The summed E-state index contributed by atoms with van der Waals surface area (Å²) in [4.78, 5) is 12.3. The Morgan fingerprint density at radius 3 is 2.74 bits per heavy atom. The third-order valence-corrected chi connectivity index (χ3v) is 3.89. The first kappa shape index (κ1) is 17.2. The van der Waals surface area contributed by atoms with Crippen LogP contribution in [0.15, 0.2) is 30.5 Å². The predicted octanol–water partition coefficient (Wildman–Crippen LogP) is 3.02. The summed E-state index contributed by atoms with van der Waals surface area (Å²) in [6.07, 6.45) is 2.08. The average molecular weight is 316 g/mol. The highest BCUT2D eigenvalue weighted by Gasteiger charge is 2.32. The first-order chi connectivity index (χ1) is 10.9. The van der Waals surface area contributed by atoms with Crippen LogP contribution in [-0.2, 0) is 10.2 Å². The molecule has 1 aromatic heterocycles. The fourth-order valence-corrected chi connectivity index (χ4v) is 2.71. The summed E-state index contributed by atoms with van der Waals surface area (Å²) >= 11 is 0. The van der Waals surface area contributed by atoms with Crippen molar-refractivity contribution in [2.24, 2.45) is 0 Å². The monoisotopic (exact) mass is 316 g/mol. The molecule has 5 nitrogen and oxygen atoms in total. The van der Waals surface area contributed by atoms with Gasteiger partial charge in [0.15, 0.2) is 0 Å². The van der Waals surface area contributed by atoms with Crippen molar-refractivity contribution in [3.05, 3.63) is 47.3 Å². The molecule has 0 aliphatic carbocycles. The van der Waals surface area contributed by atoms with E-state index in [0.717, 1.165) is 16.9 Å². The van der Waals surface area contributed by atoms with E-state index >= 15 is 0 Å². The molecule has 124 valence electrons. The number of benzene rings is 1. The number of esters is 1. The highest BCUT2D eigenvalue weighted by Crippen LogP contribution is 2.32. The lowest BCUT2D eigenvalue weighted by molar-refractivity contribution is 0.0522. The minimum absolute atomic E-state index is 0.0360. The molecule has 0 fully saturated rings. The van der Waals surface area contributed by atoms with Crippen molar-refractivity contribution in [2.75, 3.05) is 13.2 Å². The molecule has 2 rings (SSSR count). The van der Waals surface area contributed by atoms with Crippen LogP contribution in [0.4, 0.5) is 0 Å². The molecule has 0 bridgehead atoms. The number of nitrogens with zero attached hydrogens (tertiary/aromatic N) is 2. The van der Waals surface area contributed by atoms with Gasteiger partial charge in [-0.1, -0.05) is 26.0 Å². The van der Waals surface area contributed by atoms with Gasteiger partial charge in [0.1, 0.15) is 5.56 Å². The number of rotatable bonds is 6. The second kappa shape index (κ2) is 6.96. The second-order valence-electron chi connectivity index (χ2n) is 6.24. The van der Waals surface area contributed by atoms with E-state index in [9.17, 15) is 9.90 Å². The molecule has 0 unspecified atom stereocenters. The summed E-state index contributed by atoms with van der Waals surface area (Å²) in [5.41, 5.74) is 2.79. The number of aliphatic hydroxyl groups is 1. The lowest BCUT2D eigenvalue weighted by atomic mass is 9.83. The quantitative estimate of drug-likeness (QED) is 0.832. The van der Waals surface area contributed by atoms with E-state index in [-0.39, 0.29) is 12.6 Å². The van der Waals surface area contributed by atoms with Gasteiger partial charge in [0.25, 0.3) is 0 Å². The van der Waals surface area contributed by atoms with Crippen LogP contribution in [0, 0.1) is 6.92 Å². The van der Waals surface area contributed by atoms with Gasteiger partial charge in [-0.2, -0.15) is 5.10 Å². The minimum Gasteiger partial charge on any atom is -0.462 e. The summed E-state index contributed by atoms with van der Waals surface area (Å²) < 4.78 is 6.93. The molecule has 23 heavy (non-hydrogen) atoms. The molecule has 0 radical (unpaired) electrons. The van der Waals surface area contributed by atoms with Crippen LogP contribution in [0.5, 0.6) is 0 Å². The maximum absolute atomic E-state index is 12.3. The SMILES string of the molecule is CCOC(=O)c1cnn(-c2cccc(C)c2)c1C(C)(C)CCO. The Morgan fingerprint density at radius 1 is 1.39 bits per heavy atom.